The van der Waals surface area contributed by atoms with Gasteiger partial charge in [0.15, 0.2) is 0 Å². The molecule has 17 heavy (non-hydrogen) atoms. The Bertz CT molecular complexity index is 214. The van der Waals surface area contributed by atoms with E-state index in [1.807, 2.05) is 18.7 Å². The van der Waals surface area contributed by atoms with Gasteiger partial charge in [0.05, 0.1) is 0 Å². The lowest BCUT2D eigenvalue weighted by Gasteiger charge is -2.32. The molecule has 0 spiro atoms. The highest BCUT2D eigenvalue weighted by molar-refractivity contribution is 7.98. The number of rotatable bonds is 9. The predicted octanol–water partition coefficient (Wildman–Crippen LogP) is 0.913. The zero-order chi connectivity index (χ0) is 13.3. The molecule has 0 saturated carbocycles. The zero-order valence-corrected chi connectivity index (χ0v) is 12.3. The van der Waals surface area contributed by atoms with Gasteiger partial charge in [-0.05, 0) is 39.3 Å². The Kier molecular flexibility index (Phi) is 9.59. The summed E-state index contributed by atoms with van der Waals surface area (Å²) in [6.45, 7) is 5.33. The molecule has 0 aromatic heterocycles. The highest BCUT2D eigenvalue weighted by atomic mass is 32.2. The third-order valence-corrected chi connectivity index (χ3v) is 3.72. The number of thioether (sulfide) groups is 1. The summed E-state index contributed by atoms with van der Waals surface area (Å²) < 4.78 is 0. The molecule has 0 aliphatic heterocycles. The van der Waals surface area contributed by atoms with Crippen LogP contribution in [0.25, 0.3) is 0 Å². The lowest BCUT2D eigenvalue weighted by molar-refractivity contribution is -0.122. The van der Waals surface area contributed by atoms with E-state index >= 15 is 0 Å². The Morgan fingerprint density at radius 2 is 2.18 bits per heavy atom. The van der Waals surface area contributed by atoms with Crippen LogP contribution in [0.4, 0.5) is 0 Å². The minimum Gasteiger partial charge on any atom is -0.356 e. The quantitative estimate of drug-likeness (QED) is 0.648. The molecule has 3 N–H and O–H groups in total. The number of carbonyl (C=O) groups is 1. The number of amides is 1. The van der Waals surface area contributed by atoms with Gasteiger partial charge in [-0.25, -0.2) is 0 Å². The molecular weight excluding hydrogens is 234 g/mol. The van der Waals surface area contributed by atoms with Crippen LogP contribution in [0.5, 0.6) is 0 Å². The van der Waals surface area contributed by atoms with Gasteiger partial charge in [-0.1, -0.05) is 0 Å². The lowest BCUT2D eigenvalue weighted by atomic mass is 10.1. The topological polar surface area (TPSA) is 58.4 Å². The summed E-state index contributed by atoms with van der Waals surface area (Å²) in [4.78, 5) is 13.8. The first kappa shape index (κ1) is 16.7. The molecule has 5 heteroatoms. The number of carbonyl (C=O) groups excluding carboxylic acids is 1. The van der Waals surface area contributed by atoms with Crippen LogP contribution in [0, 0.1) is 0 Å². The molecule has 102 valence electrons. The van der Waals surface area contributed by atoms with E-state index in [0.29, 0.717) is 25.6 Å². The summed E-state index contributed by atoms with van der Waals surface area (Å²) >= 11 is 1.85. The lowest BCUT2D eigenvalue weighted by Crippen LogP contribution is -2.46. The Morgan fingerprint density at radius 1 is 1.53 bits per heavy atom. The number of hydrogen-bond acceptors (Lipinski definition) is 4. The van der Waals surface area contributed by atoms with E-state index in [9.17, 15) is 4.79 Å². The van der Waals surface area contributed by atoms with E-state index in [1.54, 1.807) is 0 Å². The van der Waals surface area contributed by atoms with Gasteiger partial charge < -0.3 is 11.1 Å². The maximum absolute atomic E-state index is 11.6. The number of hydrogen-bond donors (Lipinski definition) is 2. The SMILES string of the molecule is CCNC(=O)CC(CN)N(C)C(C)CCSC. The van der Waals surface area contributed by atoms with Crippen LogP contribution in [0.3, 0.4) is 0 Å². The minimum absolute atomic E-state index is 0.0897. The van der Waals surface area contributed by atoms with Crippen molar-refractivity contribution in [2.24, 2.45) is 5.73 Å². The van der Waals surface area contributed by atoms with Crippen molar-refractivity contribution in [1.82, 2.24) is 10.2 Å². The number of nitrogens with zero attached hydrogens (tertiary/aromatic N) is 1. The van der Waals surface area contributed by atoms with Crippen LogP contribution < -0.4 is 11.1 Å². The molecule has 0 fully saturated rings. The second-order valence-corrected chi connectivity index (χ2v) is 5.33. The second kappa shape index (κ2) is 9.74. The van der Waals surface area contributed by atoms with Crippen molar-refractivity contribution in [3.8, 4) is 0 Å². The van der Waals surface area contributed by atoms with Gasteiger partial charge >= 0.3 is 0 Å². The normalized spacial score (nSPS) is 14.7. The van der Waals surface area contributed by atoms with Gasteiger partial charge in [-0.2, -0.15) is 11.8 Å². The van der Waals surface area contributed by atoms with Gasteiger partial charge in [-0.3, -0.25) is 9.69 Å². The zero-order valence-electron chi connectivity index (χ0n) is 11.5. The first-order chi connectivity index (χ1) is 8.06. The van der Waals surface area contributed by atoms with Gasteiger partial charge in [0.2, 0.25) is 5.91 Å². The van der Waals surface area contributed by atoms with Crippen molar-refractivity contribution in [2.75, 3.05) is 32.1 Å². The molecule has 0 saturated heterocycles. The Hall–Kier alpha value is -0.260. The van der Waals surface area contributed by atoms with E-state index in [1.165, 1.54) is 0 Å². The van der Waals surface area contributed by atoms with Crippen molar-refractivity contribution in [3.05, 3.63) is 0 Å². The van der Waals surface area contributed by atoms with Crippen molar-refractivity contribution >= 4 is 17.7 Å². The van der Waals surface area contributed by atoms with Crippen LogP contribution in [0.2, 0.25) is 0 Å². The molecule has 0 aliphatic carbocycles. The van der Waals surface area contributed by atoms with Crippen molar-refractivity contribution < 1.29 is 4.79 Å². The fourth-order valence-corrected chi connectivity index (χ4v) is 2.31. The summed E-state index contributed by atoms with van der Waals surface area (Å²) in [6, 6.07) is 0.601. The molecule has 0 aliphatic rings. The second-order valence-electron chi connectivity index (χ2n) is 4.34. The van der Waals surface area contributed by atoms with Crippen LogP contribution >= 0.6 is 11.8 Å². The van der Waals surface area contributed by atoms with E-state index in [4.69, 9.17) is 5.73 Å². The molecular formula is C12H27N3OS. The molecule has 0 heterocycles. The van der Waals surface area contributed by atoms with Crippen molar-refractivity contribution in [1.29, 1.82) is 0 Å². The number of nitrogens with one attached hydrogen (secondary N) is 1. The molecule has 2 unspecified atom stereocenters. The molecule has 2 atom stereocenters. The minimum atomic E-state index is 0.0897. The van der Waals surface area contributed by atoms with Crippen LogP contribution in [0.1, 0.15) is 26.7 Å². The summed E-state index contributed by atoms with van der Waals surface area (Å²) in [6.07, 6.45) is 3.73. The Labute approximate surface area is 110 Å². The maximum atomic E-state index is 11.6. The summed E-state index contributed by atoms with van der Waals surface area (Å²) in [5, 5.41) is 2.82. The maximum Gasteiger partial charge on any atom is 0.221 e. The third-order valence-electron chi connectivity index (χ3n) is 3.08. The van der Waals surface area contributed by atoms with Crippen LogP contribution in [-0.4, -0.2) is 55.0 Å². The van der Waals surface area contributed by atoms with E-state index < -0.39 is 0 Å². The molecule has 0 rings (SSSR count). The smallest absolute Gasteiger partial charge is 0.221 e. The Morgan fingerprint density at radius 3 is 2.65 bits per heavy atom. The first-order valence-corrected chi connectivity index (χ1v) is 7.63. The summed E-state index contributed by atoms with van der Waals surface area (Å²) in [5.74, 6) is 1.23. The molecule has 0 radical (unpaired) electrons. The molecule has 0 aromatic carbocycles. The fourth-order valence-electron chi connectivity index (χ4n) is 1.73. The third kappa shape index (κ3) is 6.91. The molecule has 4 nitrogen and oxygen atoms in total. The number of nitrogens with two attached hydrogens (primary N) is 1. The molecule has 0 aromatic rings. The monoisotopic (exact) mass is 261 g/mol. The van der Waals surface area contributed by atoms with Crippen molar-refractivity contribution in [2.45, 2.75) is 38.8 Å². The van der Waals surface area contributed by atoms with E-state index in [0.717, 1.165) is 12.2 Å². The largest absolute Gasteiger partial charge is 0.356 e. The highest BCUT2D eigenvalue weighted by Crippen LogP contribution is 2.11. The Balaban J connectivity index is 4.18. The van der Waals surface area contributed by atoms with Crippen LogP contribution in [-0.2, 0) is 4.79 Å². The van der Waals surface area contributed by atoms with Gasteiger partial charge in [-0.15, -0.1) is 0 Å². The van der Waals surface area contributed by atoms with Gasteiger partial charge in [0.25, 0.3) is 0 Å². The first-order valence-electron chi connectivity index (χ1n) is 6.24. The van der Waals surface area contributed by atoms with Gasteiger partial charge in [0, 0.05) is 31.6 Å². The predicted molar refractivity (Wildman–Crippen MR) is 76.4 cm³/mol. The molecule has 0 bridgehead atoms. The summed E-state index contributed by atoms with van der Waals surface area (Å²) in [5.41, 5.74) is 5.76. The summed E-state index contributed by atoms with van der Waals surface area (Å²) in [7, 11) is 2.06. The average molecular weight is 261 g/mol. The van der Waals surface area contributed by atoms with E-state index in [-0.39, 0.29) is 11.9 Å². The number of likely N-dealkylation sites (N-methyl/N-ethyl adjacent to an activating group) is 1. The molecule has 1 amide bonds. The van der Waals surface area contributed by atoms with E-state index in [2.05, 4.69) is 30.4 Å². The fraction of sp³-hybridized carbons (Fsp3) is 0.917. The van der Waals surface area contributed by atoms with Crippen LogP contribution in [0.15, 0.2) is 0 Å². The van der Waals surface area contributed by atoms with Gasteiger partial charge in [0.1, 0.15) is 0 Å². The van der Waals surface area contributed by atoms with Crippen molar-refractivity contribution in [3.63, 3.8) is 0 Å². The standard InChI is InChI=1S/C12H27N3OS/c1-5-14-12(16)8-11(9-13)15(3)10(2)6-7-17-4/h10-11H,5-9,13H2,1-4H3,(H,14,16). The average Bonchev–Trinajstić information content (AvgIpc) is 2.32. The highest BCUT2D eigenvalue weighted by Gasteiger charge is 2.20.